The maximum Gasteiger partial charge on any atom is 0.280 e. The molecule has 1 fully saturated rings. The lowest BCUT2D eigenvalue weighted by Crippen LogP contribution is -3.12. The van der Waals surface area contributed by atoms with E-state index in [9.17, 15) is 4.79 Å². The van der Waals surface area contributed by atoms with Crippen LogP contribution in [0.2, 0.25) is 0 Å². The van der Waals surface area contributed by atoms with Gasteiger partial charge in [-0.05, 0) is 43.4 Å². The number of H-pyrrole nitrogens is 1. The Labute approximate surface area is 184 Å². The smallest absolute Gasteiger partial charge is 0.280 e. The first-order chi connectivity index (χ1) is 15.3. The molecule has 3 aromatic rings. The lowest BCUT2D eigenvalue weighted by atomic mass is 10.1. The number of aromatic amines is 1. The minimum absolute atomic E-state index is 0.136. The molecule has 0 aliphatic carbocycles. The molecular weight excluding hydrogens is 384 g/mol. The van der Waals surface area contributed by atoms with E-state index in [0.29, 0.717) is 6.54 Å². The lowest BCUT2D eigenvalue weighted by molar-refractivity contribution is -0.890. The van der Waals surface area contributed by atoms with Gasteiger partial charge >= 0.3 is 0 Å². The van der Waals surface area contributed by atoms with E-state index in [-0.39, 0.29) is 5.91 Å². The molecule has 5 nitrogen and oxygen atoms in total. The van der Waals surface area contributed by atoms with Crippen molar-refractivity contribution in [3.63, 3.8) is 0 Å². The fourth-order valence-corrected chi connectivity index (χ4v) is 5.09. The van der Waals surface area contributed by atoms with Gasteiger partial charge in [-0.2, -0.15) is 0 Å². The zero-order chi connectivity index (χ0) is 21.0. The summed E-state index contributed by atoms with van der Waals surface area (Å²) in [5.41, 5.74) is 4.60. The van der Waals surface area contributed by atoms with Crippen LogP contribution in [0.3, 0.4) is 0 Å². The molecule has 0 spiro atoms. The minimum atomic E-state index is 0.136. The minimum Gasteiger partial charge on any atom is -0.327 e. The lowest BCUT2D eigenvalue weighted by Gasteiger charge is -2.18. The Morgan fingerprint density at radius 1 is 0.968 bits per heavy atom. The normalized spacial score (nSPS) is 16.8. The number of hydrogen-bond acceptors (Lipinski definition) is 2. The Bertz CT molecular complexity index is 1060. The van der Waals surface area contributed by atoms with Gasteiger partial charge in [-0.15, -0.1) is 0 Å². The van der Waals surface area contributed by atoms with Crippen LogP contribution in [0.1, 0.15) is 36.8 Å². The van der Waals surface area contributed by atoms with E-state index in [1.54, 1.807) is 0 Å². The average Bonchev–Trinajstić information content (AvgIpc) is 3.01. The van der Waals surface area contributed by atoms with Crippen molar-refractivity contribution in [2.24, 2.45) is 0 Å². The number of benzene rings is 2. The second-order valence-electron chi connectivity index (χ2n) is 8.92. The predicted octanol–water partition coefficient (Wildman–Crippen LogP) is 2.61. The largest absolute Gasteiger partial charge is 0.327 e. The van der Waals surface area contributed by atoms with E-state index in [1.807, 2.05) is 0 Å². The van der Waals surface area contributed by atoms with Crippen LogP contribution in [0.25, 0.3) is 10.9 Å². The van der Waals surface area contributed by atoms with Gasteiger partial charge in [-0.3, -0.25) is 9.69 Å². The maximum absolute atomic E-state index is 13.1. The predicted molar refractivity (Wildman–Crippen MR) is 124 cm³/mol. The van der Waals surface area contributed by atoms with E-state index in [2.05, 4.69) is 69.8 Å². The molecule has 0 atom stereocenters. The molecule has 3 heterocycles. The quantitative estimate of drug-likeness (QED) is 0.672. The molecule has 3 N–H and O–H groups in total. The number of quaternary nitrogens is 1. The van der Waals surface area contributed by atoms with E-state index < -0.39 is 0 Å². The van der Waals surface area contributed by atoms with Gasteiger partial charge in [0.2, 0.25) is 0 Å². The Morgan fingerprint density at radius 2 is 1.71 bits per heavy atom. The Balaban J connectivity index is 1.43. The number of aromatic nitrogens is 1. The van der Waals surface area contributed by atoms with Gasteiger partial charge in [0.25, 0.3) is 11.7 Å². The summed E-state index contributed by atoms with van der Waals surface area (Å²) in [7, 11) is 0. The van der Waals surface area contributed by atoms with Gasteiger partial charge in [0.1, 0.15) is 12.1 Å². The van der Waals surface area contributed by atoms with E-state index in [1.165, 1.54) is 41.7 Å². The number of fused-ring (bicyclic) bond motifs is 2. The summed E-state index contributed by atoms with van der Waals surface area (Å²) in [5.74, 6) is 1.27. The zero-order valence-corrected chi connectivity index (χ0v) is 18.1. The SMILES string of the molecule is O=C(C[NH+]1CCCCCC1)Nc1c2c([nH+]c3ccccc13)N(Cc1ccccc1)CC2. The zero-order valence-electron chi connectivity index (χ0n) is 18.1. The molecule has 5 heteroatoms. The molecule has 5 rings (SSSR count). The number of rotatable bonds is 5. The van der Waals surface area contributed by atoms with Crippen molar-refractivity contribution in [3.8, 4) is 0 Å². The van der Waals surface area contributed by atoms with Crippen molar-refractivity contribution >= 4 is 28.3 Å². The third-order valence-electron chi connectivity index (χ3n) is 6.69. The van der Waals surface area contributed by atoms with Crippen molar-refractivity contribution in [1.29, 1.82) is 0 Å². The second-order valence-corrected chi connectivity index (χ2v) is 8.92. The highest BCUT2D eigenvalue weighted by molar-refractivity contribution is 6.03. The number of anilines is 2. The Kier molecular flexibility index (Phi) is 5.85. The summed E-state index contributed by atoms with van der Waals surface area (Å²) in [4.78, 5) is 20.5. The molecule has 2 aromatic carbocycles. The van der Waals surface area contributed by atoms with Crippen molar-refractivity contribution < 1.29 is 14.7 Å². The highest BCUT2D eigenvalue weighted by Crippen LogP contribution is 2.35. The Morgan fingerprint density at radius 3 is 2.52 bits per heavy atom. The van der Waals surface area contributed by atoms with Crippen molar-refractivity contribution in [2.75, 3.05) is 36.4 Å². The number of likely N-dealkylation sites (tertiary alicyclic amines) is 1. The van der Waals surface area contributed by atoms with E-state index in [0.717, 1.165) is 55.0 Å². The first-order valence-electron chi connectivity index (χ1n) is 11.7. The number of carbonyl (C=O) groups excluding carboxylic acids is 1. The third kappa shape index (κ3) is 4.42. The summed E-state index contributed by atoms with van der Waals surface area (Å²) in [6.45, 7) is 4.61. The second kappa shape index (κ2) is 9.06. The average molecular weight is 417 g/mol. The highest BCUT2D eigenvalue weighted by atomic mass is 16.2. The summed E-state index contributed by atoms with van der Waals surface area (Å²) in [6, 6.07) is 18.9. The number of hydrogen-bond donors (Lipinski definition) is 2. The summed E-state index contributed by atoms with van der Waals surface area (Å²) >= 11 is 0. The van der Waals surface area contributed by atoms with Crippen LogP contribution in [-0.2, 0) is 17.8 Å². The molecular formula is C26H32N4O+2. The van der Waals surface area contributed by atoms with Gasteiger partial charge in [-0.1, -0.05) is 42.5 Å². The van der Waals surface area contributed by atoms with Gasteiger partial charge in [0, 0.05) is 11.8 Å². The van der Waals surface area contributed by atoms with Crippen LogP contribution in [0.4, 0.5) is 11.5 Å². The van der Waals surface area contributed by atoms with Crippen LogP contribution in [0.5, 0.6) is 0 Å². The number of pyridine rings is 1. The van der Waals surface area contributed by atoms with Crippen LogP contribution in [0.15, 0.2) is 54.6 Å². The monoisotopic (exact) mass is 416 g/mol. The molecule has 0 bridgehead atoms. The van der Waals surface area contributed by atoms with Gasteiger partial charge in [-0.25, -0.2) is 4.98 Å². The van der Waals surface area contributed by atoms with E-state index in [4.69, 9.17) is 0 Å². The fraction of sp³-hybridized carbons (Fsp3) is 0.385. The first kappa shape index (κ1) is 20.0. The van der Waals surface area contributed by atoms with E-state index >= 15 is 0 Å². The van der Waals surface area contributed by atoms with Crippen molar-refractivity contribution in [1.82, 2.24) is 0 Å². The number of carbonyl (C=O) groups is 1. The van der Waals surface area contributed by atoms with Crippen LogP contribution in [-0.4, -0.2) is 32.1 Å². The van der Waals surface area contributed by atoms with Gasteiger partial charge < -0.3 is 10.2 Å². The van der Waals surface area contributed by atoms with Gasteiger partial charge in [0.15, 0.2) is 6.54 Å². The van der Waals surface area contributed by atoms with Crippen LogP contribution in [0, 0.1) is 0 Å². The molecule has 31 heavy (non-hydrogen) atoms. The maximum atomic E-state index is 13.1. The standard InChI is InChI=1S/C26H30N4O/c31-24(19-29-15-8-1-2-9-16-29)28-25-21-12-6-7-13-23(21)27-26-22(25)14-17-30(26)18-20-10-4-3-5-11-20/h3-7,10-13H,1-2,8-9,14-19H2,(H,27,28,31)/p+2. The molecule has 0 radical (unpaired) electrons. The molecule has 2 aliphatic heterocycles. The molecule has 1 saturated heterocycles. The number of amides is 1. The molecule has 0 saturated carbocycles. The first-order valence-corrected chi connectivity index (χ1v) is 11.7. The highest BCUT2D eigenvalue weighted by Gasteiger charge is 2.32. The number of nitrogens with one attached hydrogen (secondary N) is 3. The molecule has 160 valence electrons. The molecule has 1 amide bonds. The van der Waals surface area contributed by atoms with Crippen LogP contribution < -0.4 is 20.1 Å². The summed E-state index contributed by atoms with van der Waals surface area (Å²) < 4.78 is 0. The Hall–Kier alpha value is -2.92. The third-order valence-corrected chi connectivity index (χ3v) is 6.69. The fourth-order valence-electron chi connectivity index (χ4n) is 5.09. The molecule has 2 aliphatic rings. The van der Waals surface area contributed by atoms with Crippen molar-refractivity contribution in [3.05, 3.63) is 65.7 Å². The molecule has 0 unspecified atom stereocenters. The van der Waals surface area contributed by atoms with Gasteiger partial charge in [0.05, 0.1) is 30.9 Å². The molecule has 1 aromatic heterocycles. The summed E-state index contributed by atoms with van der Waals surface area (Å²) in [6.07, 6.45) is 6.01. The number of para-hydroxylation sites is 1. The number of nitrogens with zero attached hydrogens (tertiary/aromatic N) is 1. The topological polar surface area (TPSA) is 50.9 Å². The summed E-state index contributed by atoms with van der Waals surface area (Å²) in [5, 5.41) is 4.43. The van der Waals surface area contributed by atoms with Crippen LogP contribution >= 0.6 is 0 Å². The van der Waals surface area contributed by atoms with Crippen molar-refractivity contribution in [2.45, 2.75) is 38.6 Å².